The molecule has 0 saturated carbocycles. The fourth-order valence-corrected chi connectivity index (χ4v) is 1.28. The predicted octanol–water partition coefficient (Wildman–Crippen LogP) is 1.64. The maximum absolute atomic E-state index is 5.55. The number of nitrogens with one attached hydrogen (secondary N) is 1. The molecule has 0 atom stereocenters. The first-order valence-electron chi connectivity index (χ1n) is 4.85. The summed E-state index contributed by atoms with van der Waals surface area (Å²) in [5.41, 5.74) is 8.07. The van der Waals surface area contributed by atoms with Crippen LogP contribution in [0.3, 0.4) is 0 Å². The topological polar surface area (TPSA) is 38.0 Å². The van der Waals surface area contributed by atoms with Gasteiger partial charge in [0.15, 0.2) is 0 Å². The molecular weight excluding hydrogens is 160 g/mol. The third-order valence-corrected chi connectivity index (χ3v) is 1.98. The second kappa shape index (κ2) is 5.73. The van der Waals surface area contributed by atoms with Gasteiger partial charge in [-0.2, -0.15) is 0 Å². The van der Waals surface area contributed by atoms with Gasteiger partial charge in [0, 0.05) is 13.1 Å². The quantitative estimate of drug-likeness (QED) is 0.673. The number of rotatable bonds is 5. The molecule has 3 N–H and O–H groups in total. The van der Waals surface area contributed by atoms with Crippen molar-refractivity contribution in [1.29, 1.82) is 0 Å². The third-order valence-electron chi connectivity index (χ3n) is 1.98. The first-order valence-corrected chi connectivity index (χ1v) is 4.85. The van der Waals surface area contributed by atoms with Crippen molar-refractivity contribution in [3.8, 4) is 0 Å². The molecule has 0 bridgehead atoms. The fraction of sp³-hybridized carbons (Fsp3) is 0.455. The Kier molecular flexibility index (Phi) is 4.50. The van der Waals surface area contributed by atoms with Gasteiger partial charge in [0.05, 0.1) is 0 Å². The van der Waals surface area contributed by atoms with E-state index in [0.29, 0.717) is 6.54 Å². The van der Waals surface area contributed by atoms with Crippen LogP contribution in [0.5, 0.6) is 0 Å². The lowest BCUT2D eigenvalue weighted by Gasteiger charge is -2.04. The van der Waals surface area contributed by atoms with Gasteiger partial charge in [-0.1, -0.05) is 31.2 Å². The van der Waals surface area contributed by atoms with Crippen LogP contribution in [0.25, 0.3) is 0 Å². The third kappa shape index (κ3) is 3.57. The van der Waals surface area contributed by atoms with Crippen LogP contribution in [0.4, 0.5) is 0 Å². The molecule has 0 heterocycles. The zero-order valence-corrected chi connectivity index (χ0v) is 8.22. The molecule has 1 rings (SSSR count). The summed E-state index contributed by atoms with van der Waals surface area (Å²) in [6, 6.07) is 8.40. The Bertz CT molecular complexity index is 246. The summed E-state index contributed by atoms with van der Waals surface area (Å²) in [6.45, 7) is 4.82. The lowest BCUT2D eigenvalue weighted by Crippen LogP contribution is -2.13. The van der Waals surface area contributed by atoms with Crippen LogP contribution in [0.2, 0.25) is 0 Å². The first kappa shape index (κ1) is 10.2. The number of benzene rings is 1. The van der Waals surface area contributed by atoms with Crippen molar-refractivity contribution in [2.24, 2.45) is 5.73 Å². The minimum atomic E-state index is 0.627. The zero-order chi connectivity index (χ0) is 9.52. The largest absolute Gasteiger partial charge is 0.326 e. The molecule has 1 aromatic carbocycles. The van der Waals surface area contributed by atoms with Gasteiger partial charge in [-0.3, -0.25) is 0 Å². The second-order valence-corrected chi connectivity index (χ2v) is 3.20. The van der Waals surface area contributed by atoms with Crippen molar-refractivity contribution in [3.05, 3.63) is 35.4 Å². The minimum absolute atomic E-state index is 0.627. The van der Waals surface area contributed by atoms with E-state index in [1.54, 1.807) is 0 Å². The van der Waals surface area contributed by atoms with Gasteiger partial charge in [-0.15, -0.1) is 0 Å². The van der Waals surface area contributed by atoms with Gasteiger partial charge in [-0.25, -0.2) is 0 Å². The molecule has 2 nitrogen and oxygen atoms in total. The summed E-state index contributed by atoms with van der Waals surface area (Å²) in [5, 5.41) is 3.36. The highest BCUT2D eigenvalue weighted by molar-refractivity contribution is 5.23. The Labute approximate surface area is 80.1 Å². The maximum Gasteiger partial charge on any atom is 0.0205 e. The summed E-state index contributed by atoms with van der Waals surface area (Å²) in [7, 11) is 0. The monoisotopic (exact) mass is 178 g/mol. The molecule has 0 saturated heterocycles. The Morgan fingerprint density at radius 1 is 1.31 bits per heavy atom. The fourth-order valence-electron chi connectivity index (χ4n) is 1.28. The van der Waals surface area contributed by atoms with Gasteiger partial charge in [0.2, 0.25) is 0 Å². The summed E-state index contributed by atoms with van der Waals surface area (Å²) in [4.78, 5) is 0. The lowest BCUT2D eigenvalue weighted by molar-refractivity contribution is 0.675. The second-order valence-electron chi connectivity index (χ2n) is 3.20. The van der Waals surface area contributed by atoms with Gasteiger partial charge in [-0.05, 0) is 24.1 Å². The molecular formula is C11H18N2. The van der Waals surface area contributed by atoms with Crippen LogP contribution in [-0.2, 0) is 13.1 Å². The normalized spacial score (nSPS) is 10.3. The molecule has 0 radical (unpaired) electrons. The standard InChI is InChI=1S/C11H18N2/c1-2-6-13-9-11-5-3-4-10(7-11)8-12/h3-5,7,13H,2,6,8-9,12H2,1H3. The summed E-state index contributed by atoms with van der Waals surface area (Å²) in [6.07, 6.45) is 1.18. The van der Waals surface area contributed by atoms with Crippen molar-refractivity contribution in [2.45, 2.75) is 26.4 Å². The van der Waals surface area contributed by atoms with Crippen molar-refractivity contribution in [3.63, 3.8) is 0 Å². The lowest BCUT2D eigenvalue weighted by atomic mass is 10.1. The van der Waals surface area contributed by atoms with Crippen LogP contribution in [0.15, 0.2) is 24.3 Å². The summed E-state index contributed by atoms with van der Waals surface area (Å²) < 4.78 is 0. The molecule has 0 aliphatic heterocycles. The van der Waals surface area contributed by atoms with E-state index in [2.05, 4.69) is 36.5 Å². The Morgan fingerprint density at radius 2 is 2.08 bits per heavy atom. The van der Waals surface area contributed by atoms with E-state index in [-0.39, 0.29) is 0 Å². The Balaban J connectivity index is 2.46. The van der Waals surface area contributed by atoms with Crippen LogP contribution in [0.1, 0.15) is 24.5 Å². The highest BCUT2D eigenvalue weighted by Gasteiger charge is 1.93. The SMILES string of the molecule is CCCNCc1cccc(CN)c1. The van der Waals surface area contributed by atoms with E-state index < -0.39 is 0 Å². The number of hydrogen-bond donors (Lipinski definition) is 2. The van der Waals surface area contributed by atoms with Gasteiger partial charge in [0.1, 0.15) is 0 Å². The van der Waals surface area contributed by atoms with E-state index in [4.69, 9.17) is 5.73 Å². The van der Waals surface area contributed by atoms with Crippen molar-refractivity contribution in [1.82, 2.24) is 5.32 Å². The molecule has 0 spiro atoms. The van der Waals surface area contributed by atoms with E-state index in [1.165, 1.54) is 17.5 Å². The van der Waals surface area contributed by atoms with Crippen LogP contribution < -0.4 is 11.1 Å². The first-order chi connectivity index (χ1) is 6.36. The molecule has 0 aliphatic carbocycles. The molecule has 72 valence electrons. The Hall–Kier alpha value is -0.860. The average Bonchev–Trinajstić information content (AvgIpc) is 2.19. The molecule has 0 unspecified atom stereocenters. The van der Waals surface area contributed by atoms with Crippen molar-refractivity contribution >= 4 is 0 Å². The maximum atomic E-state index is 5.55. The highest BCUT2D eigenvalue weighted by Crippen LogP contribution is 2.03. The molecule has 0 amide bonds. The molecule has 1 aromatic rings. The molecule has 0 aliphatic rings. The zero-order valence-electron chi connectivity index (χ0n) is 8.22. The van der Waals surface area contributed by atoms with Crippen LogP contribution >= 0.6 is 0 Å². The number of hydrogen-bond acceptors (Lipinski definition) is 2. The van der Waals surface area contributed by atoms with E-state index >= 15 is 0 Å². The van der Waals surface area contributed by atoms with E-state index in [0.717, 1.165) is 13.1 Å². The highest BCUT2D eigenvalue weighted by atomic mass is 14.8. The van der Waals surface area contributed by atoms with Gasteiger partial charge < -0.3 is 11.1 Å². The van der Waals surface area contributed by atoms with Gasteiger partial charge in [0.25, 0.3) is 0 Å². The molecule has 2 heteroatoms. The molecule has 13 heavy (non-hydrogen) atoms. The van der Waals surface area contributed by atoms with Crippen LogP contribution in [0, 0.1) is 0 Å². The van der Waals surface area contributed by atoms with E-state index in [9.17, 15) is 0 Å². The predicted molar refractivity (Wildman–Crippen MR) is 56.3 cm³/mol. The summed E-state index contributed by atoms with van der Waals surface area (Å²) in [5.74, 6) is 0. The van der Waals surface area contributed by atoms with E-state index in [1.807, 2.05) is 0 Å². The molecule has 0 aromatic heterocycles. The van der Waals surface area contributed by atoms with Crippen LogP contribution in [-0.4, -0.2) is 6.54 Å². The number of nitrogens with two attached hydrogens (primary N) is 1. The molecule has 0 fully saturated rings. The average molecular weight is 178 g/mol. The Morgan fingerprint density at radius 3 is 2.77 bits per heavy atom. The summed E-state index contributed by atoms with van der Waals surface area (Å²) >= 11 is 0. The van der Waals surface area contributed by atoms with Crippen molar-refractivity contribution < 1.29 is 0 Å². The van der Waals surface area contributed by atoms with Crippen molar-refractivity contribution in [2.75, 3.05) is 6.54 Å². The smallest absolute Gasteiger partial charge is 0.0205 e. The minimum Gasteiger partial charge on any atom is -0.326 e. The van der Waals surface area contributed by atoms with Gasteiger partial charge >= 0.3 is 0 Å².